The summed E-state index contributed by atoms with van der Waals surface area (Å²) < 4.78 is 32.0. The summed E-state index contributed by atoms with van der Waals surface area (Å²) in [4.78, 5) is 13.9. The second kappa shape index (κ2) is 6.64. The summed E-state index contributed by atoms with van der Waals surface area (Å²) >= 11 is 6.86. The van der Waals surface area contributed by atoms with E-state index in [-0.39, 0.29) is 29.6 Å². The first kappa shape index (κ1) is 16.5. The molecule has 23 heavy (non-hydrogen) atoms. The number of halogens is 1. The van der Waals surface area contributed by atoms with Gasteiger partial charge in [-0.2, -0.15) is 4.31 Å². The molecule has 6 nitrogen and oxygen atoms in total. The Morgan fingerprint density at radius 2 is 1.96 bits per heavy atom. The lowest BCUT2D eigenvalue weighted by molar-refractivity contribution is -0.131. The molecule has 3 rings (SSSR count). The Morgan fingerprint density at radius 3 is 2.52 bits per heavy atom. The summed E-state index contributed by atoms with van der Waals surface area (Å²) in [7, 11) is -3.53. The third kappa shape index (κ3) is 3.60. The van der Waals surface area contributed by atoms with E-state index in [1.807, 2.05) is 0 Å². The van der Waals surface area contributed by atoms with Crippen molar-refractivity contribution in [3.63, 3.8) is 0 Å². The van der Waals surface area contributed by atoms with Gasteiger partial charge in [0.1, 0.15) is 4.21 Å². The molecule has 0 N–H and O–H groups in total. The Bertz CT molecular complexity index is 778. The van der Waals surface area contributed by atoms with Gasteiger partial charge in [-0.25, -0.2) is 8.42 Å². The number of furan rings is 1. The molecular formula is C14H15ClN2O4S2. The predicted octanol–water partition coefficient (Wildman–Crippen LogP) is 2.07. The molecule has 0 unspecified atom stereocenters. The SMILES string of the molecule is O=C(Cc1ccoc1)N1CCN(S(=O)(=O)c2ccc(Cl)s2)CC1. The van der Waals surface area contributed by atoms with Crippen LogP contribution in [0.3, 0.4) is 0 Å². The number of carbonyl (C=O) groups excluding carboxylic acids is 1. The summed E-state index contributed by atoms with van der Waals surface area (Å²) in [6, 6.07) is 4.84. The van der Waals surface area contributed by atoms with Crippen LogP contribution in [0.2, 0.25) is 4.34 Å². The van der Waals surface area contributed by atoms with Gasteiger partial charge in [0.15, 0.2) is 0 Å². The number of amides is 1. The van der Waals surface area contributed by atoms with Crippen molar-refractivity contribution in [2.45, 2.75) is 10.6 Å². The lowest BCUT2D eigenvalue weighted by atomic mass is 10.2. The fourth-order valence-electron chi connectivity index (χ4n) is 2.42. The third-order valence-corrected chi connectivity index (χ3v) is 7.27. The van der Waals surface area contributed by atoms with Crippen molar-refractivity contribution >= 4 is 38.9 Å². The Balaban J connectivity index is 1.61. The van der Waals surface area contributed by atoms with Crippen LogP contribution in [-0.2, 0) is 21.2 Å². The predicted molar refractivity (Wildman–Crippen MR) is 87.1 cm³/mol. The molecule has 2 aromatic heterocycles. The fraction of sp³-hybridized carbons (Fsp3) is 0.357. The Morgan fingerprint density at radius 1 is 1.22 bits per heavy atom. The van der Waals surface area contributed by atoms with E-state index in [0.717, 1.165) is 16.9 Å². The zero-order valence-electron chi connectivity index (χ0n) is 12.1. The van der Waals surface area contributed by atoms with Gasteiger partial charge in [-0.15, -0.1) is 11.3 Å². The van der Waals surface area contributed by atoms with Gasteiger partial charge < -0.3 is 9.32 Å². The molecule has 1 aliphatic rings. The number of sulfonamides is 1. The van der Waals surface area contributed by atoms with Gasteiger partial charge in [0.2, 0.25) is 5.91 Å². The molecule has 0 saturated carbocycles. The molecular weight excluding hydrogens is 360 g/mol. The summed E-state index contributed by atoms with van der Waals surface area (Å²) in [5.41, 5.74) is 0.818. The highest BCUT2D eigenvalue weighted by molar-refractivity contribution is 7.91. The van der Waals surface area contributed by atoms with E-state index in [1.54, 1.807) is 23.3 Å². The molecule has 0 aromatic carbocycles. The number of carbonyl (C=O) groups is 1. The maximum Gasteiger partial charge on any atom is 0.252 e. The van der Waals surface area contributed by atoms with Crippen molar-refractivity contribution in [2.75, 3.05) is 26.2 Å². The van der Waals surface area contributed by atoms with Crippen molar-refractivity contribution in [3.05, 3.63) is 40.6 Å². The highest BCUT2D eigenvalue weighted by Gasteiger charge is 2.31. The van der Waals surface area contributed by atoms with Gasteiger partial charge in [0.05, 0.1) is 23.3 Å². The Hall–Kier alpha value is -1.35. The minimum absolute atomic E-state index is 0.0254. The number of nitrogens with zero attached hydrogens (tertiary/aromatic N) is 2. The van der Waals surface area contributed by atoms with Crippen LogP contribution in [0.5, 0.6) is 0 Å². The van der Waals surface area contributed by atoms with Crippen LogP contribution in [0.25, 0.3) is 0 Å². The molecule has 1 aliphatic heterocycles. The average Bonchev–Trinajstić information content (AvgIpc) is 3.19. The summed E-state index contributed by atoms with van der Waals surface area (Å²) in [5, 5.41) is 0. The monoisotopic (exact) mass is 374 g/mol. The zero-order valence-corrected chi connectivity index (χ0v) is 14.5. The molecule has 1 saturated heterocycles. The quantitative estimate of drug-likeness (QED) is 0.821. The number of rotatable bonds is 4. The second-order valence-electron chi connectivity index (χ2n) is 5.15. The summed E-state index contributed by atoms with van der Waals surface area (Å²) in [6.07, 6.45) is 3.34. The molecule has 3 heterocycles. The van der Waals surface area contributed by atoms with Crippen LogP contribution in [-0.4, -0.2) is 49.7 Å². The van der Waals surface area contributed by atoms with Crippen molar-refractivity contribution < 1.29 is 17.6 Å². The fourth-order valence-corrected chi connectivity index (χ4v) is 5.48. The van der Waals surface area contributed by atoms with Crippen LogP contribution in [0, 0.1) is 0 Å². The summed E-state index contributed by atoms with van der Waals surface area (Å²) in [6.45, 7) is 1.34. The van der Waals surface area contributed by atoms with E-state index >= 15 is 0 Å². The summed E-state index contributed by atoms with van der Waals surface area (Å²) in [5.74, 6) is -0.0254. The number of hydrogen-bond donors (Lipinski definition) is 0. The van der Waals surface area contributed by atoms with E-state index < -0.39 is 10.0 Å². The minimum Gasteiger partial charge on any atom is -0.472 e. The minimum atomic E-state index is -3.53. The van der Waals surface area contributed by atoms with E-state index in [2.05, 4.69) is 0 Å². The van der Waals surface area contributed by atoms with Crippen LogP contribution in [0.15, 0.2) is 39.4 Å². The molecule has 1 fully saturated rings. The Kier molecular flexibility index (Phi) is 4.77. The molecule has 9 heteroatoms. The van der Waals surface area contributed by atoms with E-state index in [9.17, 15) is 13.2 Å². The average molecular weight is 375 g/mol. The topological polar surface area (TPSA) is 70.8 Å². The Labute approximate surface area is 143 Å². The zero-order chi connectivity index (χ0) is 16.4. The van der Waals surface area contributed by atoms with Crippen molar-refractivity contribution in [2.24, 2.45) is 0 Å². The van der Waals surface area contributed by atoms with Gasteiger partial charge in [-0.3, -0.25) is 4.79 Å². The van der Waals surface area contributed by atoms with Gasteiger partial charge >= 0.3 is 0 Å². The smallest absolute Gasteiger partial charge is 0.252 e. The lowest BCUT2D eigenvalue weighted by Crippen LogP contribution is -2.50. The maximum atomic E-state index is 12.5. The molecule has 0 bridgehead atoms. The largest absolute Gasteiger partial charge is 0.472 e. The number of hydrogen-bond acceptors (Lipinski definition) is 5. The van der Waals surface area contributed by atoms with Gasteiger partial charge in [0, 0.05) is 26.2 Å². The maximum absolute atomic E-state index is 12.5. The molecule has 0 aliphatic carbocycles. The number of piperazine rings is 1. The van der Waals surface area contributed by atoms with Crippen LogP contribution < -0.4 is 0 Å². The molecule has 2 aromatic rings. The molecule has 0 radical (unpaired) electrons. The van der Waals surface area contributed by atoms with Gasteiger partial charge in [-0.1, -0.05) is 11.6 Å². The normalized spacial score (nSPS) is 16.7. The van der Waals surface area contributed by atoms with E-state index in [4.69, 9.17) is 16.0 Å². The van der Waals surface area contributed by atoms with Crippen LogP contribution in [0.4, 0.5) is 0 Å². The van der Waals surface area contributed by atoms with Crippen molar-refractivity contribution in [1.29, 1.82) is 0 Å². The number of thiophene rings is 1. The van der Waals surface area contributed by atoms with Crippen molar-refractivity contribution in [1.82, 2.24) is 9.21 Å². The van der Waals surface area contributed by atoms with Gasteiger partial charge in [-0.05, 0) is 23.8 Å². The van der Waals surface area contributed by atoms with Crippen LogP contribution >= 0.6 is 22.9 Å². The third-order valence-electron chi connectivity index (χ3n) is 3.67. The van der Waals surface area contributed by atoms with Crippen LogP contribution in [0.1, 0.15) is 5.56 Å². The first-order valence-corrected chi connectivity index (χ1v) is 9.64. The highest BCUT2D eigenvalue weighted by Crippen LogP contribution is 2.28. The molecule has 1 amide bonds. The van der Waals surface area contributed by atoms with E-state index in [0.29, 0.717) is 17.4 Å². The standard InChI is InChI=1S/C14H15ClN2O4S2/c15-12-1-2-14(22-12)23(19,20)17-6-4-16(5-7-17)13(18)9-11-3-8-21-10-11/h1-3,8,10H,4-7,9H2. The van der Waals surface area contributed by atoms with E-state index in [1.165, 1.54) is 16.6 Å². The lowest BCUT2D eigenvalue weighted by Gasteiger charge is -2.33. The molecule has 0 spiro atoms. The molecule has 124 valence electrons. The first-order chi connectivity index (χ1) is 11.0. The van der Waals surface area contributed by atoms with Crippen molar-refractivity contribution in [3.8, 4) is 0 Å². The molecule has 0 atom stereocenters. The highest BCUT2D eigenvalue weighted by atomic mass is 35.5. The van der Waals surface area contributed by atoms with Gasteiger partial charge in [0.25, 0.3) is 10.0 Å². The second-order valence-corrected chi connectivity index (χ2v) is 9.03. The first-order valence-electron chi connectivity index (χ1n) is 7.01.